The van der Waals surface area contributed by atoms with Crippen LogP contribution in [0.2, 0.25) is 5.02 Å². The van der Waals surface area contributed by atoms with Gasteiger partial charge in [-0.3, -0.25) is 4.79 Å². The lowest BCUT2D eigenvalue weighted by atomic mass is 9.69. The second-order valence-electron chi connectivity index (χ2n) is 4.83. The predicted molar refractivity (Wildman–Crippen MR) is 77.4 cm³/mol. The molecule has 2 heterocycles. The molecule has 2 rings (SSSR count). The number of halogens is 1. The van der Waals surface area contributed by atoms with Gasteiger partial charge < -0.3 is 10.3 Å². The molecule has 1 aromatic rings. The lowest BCUT2D eigenvalue weighted by Gasteiger charge is -2.40. The van der Waals surface area contributed by atoms with Crippen LogP contribution in [0.15, 0.2) is 17.1 Å². The summed E-state index contributed by atoms with van der Waals surface area (Å²) in [5.74, 6) is 0.431. The first-order valence-corrected chi connectivity index (χ1v) is 7.01. The molecule has 0 aliphatic carbocycles. The van der Waals surface area contributed by atoms with Gasteiger partial charge in [-0.15, -0.1) is 0 Å². The Labute approximate surface area is 114 Å². The third-order valence-electron chi connectivity index (χ3n) is 3.84. The molecule has 18 heavy (non-hydrogen) atoms. The van der Waals surface area contributed by atoms with Gasteiger partial charge in [0, 0.05) is 17.2 Å². The van der Waals surface area contributed by atoms with Gasteiger partial charge in [-0.25, -0.2) is 0 Å². The van der Waals surface area contributed by atoms with Crippen LogP contribution in [0, 0.1) is 5.92 Å². The van der Waals surface area contributed by atoms with E-state index in [9.17, 15) is 4.79 Å². The fraction of sp³-hybridized carbons (Fsp3) is 0.643. The molecular weight excluding hydrogens is 248 g/mol. The minimum Gasteiger partial charge on any atom is -0.327 e. The van der Waals surface area contributed by atoms with E-state index in [1.165, 1.54) is 0 Å². The maximum Gasteiger partial charge on any atom is 0.251 e. The molecule has 2 atom stereocenters. The Hall–Kier alpha value is -0.800. The summed E-state index contributed by atoms with van der Waals surface area (Å²) >= 11 is 5.96. The normalized spacial score (nSPS) is 27.3. The largest absolute Gasteiger partial charge is 0.327 e. The van der Waals surface area contributed by atoms with E-state index in [1.54, 1.807) is 6.20 Å². The minimum atomic E-state index is -0.0796. The maximum atomic E-state index is 11.9. The summed E-state index contributed by atoms with van der Waals surface area (Å²) in [7, 11) is 0. The molecule has 1 fully saturated rings. The predicted octanol–water partition coefficient (Wildman–Crippen LogP) is 2.94. The van der Waals surface area contributed by atoms with Crippen molar-refractivity contribution in [3.05, 3.63) is 33.2 Å². The van der Waals surface area contributed by atoms with Crippen molar-refractivity contribution in [2.75, 3.05) is 13.1 Å². The zero-order valence-corrected chi connectivity index (χ0v) is 12.4. The van der Waals surface area contributed by atoms with Crippen molar-refractivity contribution in [1.29, 1.82) is 0 Å². The fourth-order valence-electron chi connectivity index (χ4n) is 2.42. The molecule has 0 spiro atoms. The number of rotatable bonds is 1. The summed E-state index contributed by atoms with van der Waals surface area (Å²) < 4.78 is 0. The number of aromatic amines is 1. The quantitative estimate of drug-likeness (QED) is 0.824. The van der Waals surface area contributed by atoms with E-state index in [4.69, 9.17) is 11.6 Å². The van der Waals surface area contributed by atoms with Gasteiger partial charge in [0.25, 0.3) is 5.56 Å². The highest BCUT2D eigenvalue weighted by Crippen LogP contribution is 2.35. The standard InChI is InChI=1S/C12H17ClN2O.C2H6/c1-8-6-14-4-3-12(8,2)10-5-9(13)7-15-11(10)16;1-2/h5,7-8,14H,3-4,6H2,1-2H3,(H,15,16);1-2H3/t8?,12-;/m0./s1. The van der Waals surface area contributed by atoms with Gasteiger partial charge >= 0.3 is 0 Å². The van der Waals surface area contributed by atoms with Crippen molar-refractivity contribution in [2.24, 2.45) is 5.92 Å². The fourth-order valence-corrected chi connectivity index (χ4v) is 2.58. The Balaban J connectivity index is 0.000000771. The summed E-state index contributed by atoms with van der Waals surface area (Å²) in [4.78, 5) is 14.6. The van der Waals surface area contributed by atoms with Gasteiger partial charge in [-0.2, -0.15) is 0 Å². The number of aromatic nitrogens is 1. The molecule has 102 valence electrons. The molecule has 4 heteroatoms. The van der Waals surface area contributed by atoms with E-state index in [0.717, 1.165) is 25.1 Å². The van der Waals surface area contributed by atoms with Crippen molar-refractivity contribution in [3.63, 3.8) is 0 Å². The molecule has 1 saturated heterocycles. The Kier molecular flexibility index (Phi) is 5.42. The highest BCUT2D eigenvalue weighted by molar-refractivity contribution is 6.30. The number of nitrogens with one attached hydrogen (secondary N) is 2. The van der Waals surface area contributed by atoms with Crippen LogP contribution >= 0.6 is 11.6 Å². The van der Waals surface area contributed by atoms with E-state index in [0.29, 0.717) is 10.9 Å². The number of hydrogen-bond donors (Lipinski definition) is 2. The number of piperidine rings is 1. The van der Waals surface area contributed by atoms with Crippen LogP contribution in [0.3, 0.4) is 0 Å². The summed E-state index contributed by atoms with van der Waals surface area (Å²) in [6.07, 6.45) is 2.51. The summed E-state index contributed by atoms with van der Waals surface area (Å²) in [6.45, 7) is 10.2. The highest BCUT2D eigenvalue weighted by atomic mass is 35.5. The first-order chi connectivity index (χ1) is 8.54. The average Bonchev–Trinajstić information content (AvgIpc) is 2.38. The lowest BCUT2D eigenvalue weighted by Crippen LogP contribution is -2.47. The van der Waals surface area contributed by atoms with Crippen LogP contribution in [0.5, 0.6) is 0 Å². The molecule has 1 aliphatic rings. The third kappa shape index (κ3) is 2.96. The molecule has 1 aliphatic heterocycles. The summed E-state index contributed by atoms with van der Waals surface area (Å²) in [5.41, 5.74) is 0.721. The van der Waals surface area contributed by atoms with Crippen LogP contribution in [-0.4, -0.2) is 18.1 Å². The Bertz CT molecular complexity index is 444. The Morgan fingerprint density at radius 1 is 1.44 bits per heavy atom. The molecule has 2 N–H and O–H groups in total. The highest BCUT2D eigenvalue weighted by Gasteiger charge is 2.37. The summed E-state index contributed by atoms with van der Waals surface area (Å²) in [5, 5.41) is 3.95. The van der Waals surface area contributed by atoms with Gasteiger partial charge in [0.05, 0.1) is 5.02 Å². The molecule has 1 aromatic heterocycles. The van der Waals surface area contributed by atoms with E-state index in [-0.39, 0.29) is 11.0 Å². The first kappa shape index (κ1) is 15.3. The number of H-pyrrole nitrogens is 1. The zero-order valence-electron chi connectivity index (χ0n) is 11.6. The Morgan fingerprint density at radius 3 is 2.72 bits per heavy atom. The molecule has 0 radical (unpaired) electrons. The van der Waals surface area contributed by atoms with Crippen LogP contribution < -0.4 is 10.9 Å². The van der Waals surface area contributed by atoms with Crippen LogP contribution in [0.25, 0.3) is 0 Å². The zero-order chi connectivity index (χ0) is 13.8. The van der Waals surface area contributed by atoms with Crippen molar-refractivity contribution in [2.45, 2.75) is 39.5 Å². The molecule has 1 unspecified atom stereocenters. The van der Waals surface area contributed by atoms with E-state index >= 15 is 0 Å². The molecule has 0 saturated carbocycles. The third-order valence-corrected chi connectivity index (χ3v) is 4.06. The van der Waals surface area contributed by atoms with Crippen LogP contribution in [-0.2, 0) is 5.41 Å². The van der Waals surface area contributed by atoms with Crippen molar-refractivity contribution in [3.8, 4) is 0 Å². The lowest BCUT2D eigenvalue weighted by molar-refractivity contribution is 0.236. The van der Waals surface area contributed by atoms with Gasteiger partial charge in [0.15, 0.2) is 0 Å². The van der Waals surface area contributed by atoms with Gasteiger partial charge in [-0.05, 0) is 31.5 Å². The van der Waals surface area contributed by atoms with E-state index < -0.39 is 0 Å². The summed E-state index contributed by atoms with van der Waals surface area (Å²) in [6, 6.07) is 1.81. The molecule has 3 nitrogen and oxygen atoms in total. The van der Waals surface area contributed by atoms with Crippen LogP contribution in [0.1, 0.15) is 39.7 Å². The molecule has 0 bridgehead atoms. The van der Waals surface area contributed by atoms with Crippen molar-refractivity contribution < 1.29 is 0 Å². The molecular formula is C14H23ClN2O. The van der Waals surface area contributed by atoms with Crippen molar-refractivity contribution >= 4 is 11.6 Å². The number of hydrogen-bond acceptors (Lipinski definition) is 2. The van der Waals surface area contributed by atoms with Crippen molar-refractivity contribution in [1.82, 2.24) is 10.3 Å². The van der Waals surface area contributed by atoms with Gasteiger partial charge in [0.1, 0.15) is 0 Å². The average molecular weight is 271 g/mol. The first-order valence-electron chi connectivity index (χ1n) is 6.63. The van der Waals surface area contributed by atoms with Crippen LogP contribution in [0.4, 0.5) is 0 Å². The van der Waals surface area contributed by atoms with E-state index in [1.807, 2.05) is 19.9 Å². The smallest absolute Gasteiger partial charge is 0.251 e. The second-order valence-corrected chi connectivity index (χ2v) is 5.27. The topological polar surface area (TPSA) is 44.9 Å². The van der Waals surface area contributed by atoms with E-state index in [2.05, 4.69) is 24.1 Å². The Morgan fingerprint density at radius 2 is 2.11 bits per heavy atom. The number of pyridine rings is 1. The maximum absolute atomic E-state index is 11.9. The molecule has 0 aromatic carbocycles. The SMILES string of the molecule is CC.CC1CNCC[C@]1(C)c1cc(Cl)c[nH]c1=O. The van der Waals surface area contributed by atoms with Gasteiger partial charge in [0.2, 0.25) is 0 Å². The monoisotopic (exact) mass is 270 g/mol. The second kappa shape index (κ2) is 6.39. The minimum absolute atomic E-state index is 0.0133. The van der Waals surface area contributed by atoms with Gasteiger partial charge in [-0.1, -0.05) is 39.3 Å². The molecule has 0 amide bonds.